The molecular formula is C80H95Cl3N18O9. The lowest BCUT2D eigenvalue weighted by Crippen LogP contribution is -2.23. The molecule has 4 aliphatic carbocycles. The average molecular weight is 1560 g/mol. The Morgan fingerprint density at radius 2 is 0.873 bits per heavy atom. The van der Waals surface area contributed by atoms with Crippen LogP contribution in [0.5, 0.6) is 0 Å². The molecule has 3 N–H and O–H groups in total. The van der Waals surface area contributed by atoms with Gasteiger partial charge < -0.3 is 32.3 Å². The highest BCUT2D eigenvalue weighted by atomic mass is 35.5. The van der Waals surface area contributed by atoms with E-state index < -0.39 is 17.3 Å². The number of nitrogens with zero attached hydrogens (tertiary/aromatic N) is 15. The molecule has 0 radical (unpaired) electrons. The third-order valence-electron chi connectivity index (χ3n) is 22.2. The molecule has 0 bridgehead atoms. The number of aromatic nitrogens is 18. The summed E-state index contributed by atoms with van der Waals surface area (Å²) in [5.74, 6) is 5.78. The molecule has 0 aliphatic heterocycles. The van der Waals surface area contributed by atoms with Crippen LogP contribution in [-0.2, 0) is 33.8 Å². The van der Waals surface area contributed by atoms with Crippen LogP contribution in [0.4, 0.5) is 0 Å². The van der Waals surface area contributed by atoms with Gasteiger partial charge in [0.15, 0.2) is 0 Å². The number of hydrogen-bond acceptors (Lipinski definition) is 21. The summed E-state index contributed by atoms with van der Waals surface area (Å²) < 4.78 is 40.2. The van der Waals surface area contributed by atoms with Crippen molar-refractivity contribution in [2.45, 2.75) is 202 Å². The van der Waals surface area contributed by atoms with E-state index in [4.69, 9.17) is 92.4 Å². The van der Waals surface area contributed by atoms with Crippen molar-refractivity contribution in [2.24, 2.45) is 41.4 Å². The van der Waals surface area contributed by atoms with Gasteiger partial charge >= 0.3 is 17.3 Å². The van der Waals surface area contributed by atoms with Crippen molar-refractivity contribution in [2.75, 3.05) is 19.8 Å². The summed E-state index contributed by atoms with van der Waals surface area (Å²) in [4.78, 5) is 83.2. The number of ether oxygens (including phenoxy) is 3. The summed E-state index contributed by atoms with van der Waals surface area (Å²) >= 11 is 19.0. The van der Waals surface area contributed by atoms with E-state index in [1.807, 2.05) is 57.2 Å². The van der Waals surface area contributed by atoms with E-state index in [2.05, 4.69) is 93.8 Å². The van der Waals surface area contributed by atoms with E-state index in [1.54, 1.807) is 37.2 Å². The highest BCUT2D eigenvalue weighted by Gasteiger charge is 2.36. The Balaban J connectivity index is 0.000000138. The normalized spacial score (nSPS) is 19.9. The topological polar surface area (TPSA) is 335 Å². The van der Waals surface area contributed by atoms with Crippen LogP contribution in [0.15, 0.2) is 101 Å². The van der Waals surface area contributed by atoms with Gasteiger partial charge in [0.2, 0.25) is 11.6 Å². The summed E-state index contributed by atoms with van der Waals surface area (Å²) in [6, 6.07) is 11.0. The maximum atomic E-state index is 11.8. The number of nitrogens with one attached hydrogen (secondary N) is 3. The second kappa shape index (κ2) is 35.1. The Labute approximate surface area is 650 Å². The molecule has 0 saturated heterocycles. The number of pyridine rings is 6. The molecule has 110 heavy (non-hydrogen) atoms. The summed E-state index contributed by atoms with van der Waals surface area (Å²) in [7, 11) is 0. The Kier molecular flexibility index (Phi) is 24.7. The molecule has 4 fully saturated rings. The number of aromatic amines is 3. The smallest absolute Gasteiger partial charge is 0.386 e. The first-order valence-corrected chi connectivity index (χ1v) is 40.1. The van der Waals surface area contributed by atoms with Gasteiger partial charge in [0.25, 0.3) is 5.89 Å². The standard InChI is InChI=1S/C29H35ClN6O3.C26H31ClN6O3.C25H29ClN6O3/c1-3-38-26(19-6-4-5-7-19)27-33-22-13-23(28-34-35-29(37)39-28)32-24(20-12-21(30)15-31-14-20)25(22)36(27)16-18-10-8-17(2)9-11-18;1-4-21(35-5-2)25-30-19-11-20(24-31-26(34)36-32-24)29-22(17-10-18(27)13-28-12-17)23(19)33(25)14-16-8-6-15(3)7-9-16;1-4-34-15(3)24-29-19-10-20(23-30-25(33)35-31-23)28-21(17-9-18(26)12-27-11-17)22(19)32(24)13-16-7-5-14(2)6-8-16/h12-15,17-19,26H,3-11,16H2,1-2H3,(H,35,37);10-13,15-16,21H,4-9,14H2,1-3H3,(H,31,32,34);9-12,14-16H,4-8,13H2,1-3H3,(H,30,31,33). The van der Waals surface area contributed by atoms with Gasteiger partial charge in [-0.15, -0.1) is 5.10 Å². The summed E-state index contributed by atoms with van der Waals surface area (Å²) in [5.41, 5.74) is 10.6. The number of H-pyrrole nitrogens is 3. The minimum Gasteiger partial charge on any atom is -0.386 e. The van der Waals surface area contributed by atoms with E-state index in [9.17, 15) is 14.4 Å². The Morgan fingerprint density at radius 1 is 0.473 bits per heavy atom. The lowest BCUT2D eigenvalue weighted by molar-refractivity contribution is 0.0114. The maximum absolute atomic E-state index is 11.8. The minimum absolute atomic E-state index is 0.0930. The molecule has 12 heterocycles. The van der Waals surface area contributed by atoms with Crippen LogP contribution < -0.4 is 17.3 Å². The molecule has 3 unspecified atom stereocenters. The van der Waals surface area contributed by atoms with Crippen molar-refractivity contribution in [3.05, 3.63) is 138 Å². The van der Waals surface area contributed by atoms with Crippen LogP contribution in [0, 0.1) is 41.4 Å². The average Bonchev–Trinajstić information content (AvgIpc) is 1.60. The predicted octanol–water partition coefficient (Wildman–Crippen LogP) is 17.8. The molecule has 0 amide bonds. The SMILES string of the molecule is CCOC(C)c1nc2cc(-c3noc(=O)[nH]3)nc(-c3cncc(Cl)c3)c2n1CC1CCC(C)CC1.CCOC(CC)c1nc2cc(-c3noc(=O)[nH]3)nc(-c3cncc(Cl)c3)c2n1CC1CCC(C)CC1.CCOC(c1nc2cc(-c3n[nH]c(=O)o3)nc(-c3cncc(Cl)c3)c2n1CC1CCC(C)CC1)C1CCCC1. The Hall–Kier alpha value is -9.12. The van der Waals surface area contributed by atoms with E-state index in [1.165, 1.54) is 89.9 Å². The molecule has 4 saturated carbocycles. The highest BCUT2D eigenvalue weighted by molar-refractivity contribution is 6.31. The molecule has 12 aromatic heterocycles. The fourth-order valence-electron chi connectivity index (χ4n) is 16.5. The molecule has 30 heteroatoms. The van der Waals surface area contributed by atoms with E-state index in [0.29, 0.717) is 92.7 Å². The van der Waals surface area contributed by atoms with Gasteiger partial charge in [-0.25, -0.2) is 49.4 Å². The maximum Gasteiger partial charge on any atom is 0.439 e. The van der Waals surface area contributed by atoms with Crippen molar-refractivity contribution in [3.63, 3.8) is 0 Å². The van der Waals surface area contributed by atoms with Crippen molar-refractivity contribution in [3.8, 4) is 68.4 Å². The Bertz CT molecular complexity index is 5320. The van der Waals surface area contributed by atoms with Crippen molar-refractivity contribution < 1.29 is 27.7 Å². The lowest BCUT2D eigenvalue weighted by atomic mass is 9.83. The zero-order chi connectivity index (χ0) is 76.7. The monoisotopic (exact) mass is 1560 g/mol. The molecule has 580 valence electrons. The van der Waals surface area contributed by atoms with Crippen LogP contribution in [0.25, 0.3) is 101 Å². The van der Waals surface area contributed by atoms with E-state index in [-0.39, 0.29) is 35.9 Å². The van der Waals surface area contributed by atoms with E-state index >= 15 is 0 Å². The molecule has 0 spiro atoms. The zero-order valence-electron chi connectivity index (χ0n) is 63.5. The molecule has 0 aromatic carbocycles. The number of hydrogen-bond donors (Lipinski definition) is 3. The minimum atomic E-state index is -0.643. The Morgan fingerprint density at radius 3 is 1.26 bits per heavy atom. The third-order valence-corrected chi connectivity index (χ3v) is 22.8. The number of halogens is 3. The zero-order valence-corrected chi connectivity index (χ0v) is 65.7. The van der Waals surface area contributed by atoms with Gasteiger partial charge in [-0.2, -0.15) is 0 Å². The van der Waals surface area contributed by atoms with Crippen LogP contribution in [0.2, 0.25) is 15.1 Å². The first kappa shape index (κ1) is 77.6. The number of fused-ring (bicyclic) bond motifs is 3. The quantitative estimate of drug-likeness (QED) is 0.0535. The van der Waals surface area contributed by atoms with Crippen LogP contribution >= 0.6 is 34.8 Å². The summed E-state index contributed by atoms with van der Waals surface area (Å²) in [5, 5.41) is 15.6. The van der Waals surface area contributed by atoms with Crippen molar-refractivity contribution in [1.82, 2.24) is 89.0 Å². The van der Waals surface area contributed by atoms with Crippen molar-refractivity contribution >= 4 is 67.9 Å². The molecule has 16 rings (SSSR count). The predicted molar refractivity (Wildman–Crippen MR) is 420 cm³/mol. The molecule has 4 aliphatic rings. The van der Waals surface area contributed by atoms with Gasteiger partial charge in [0, 0.05) is 93.3 Å². The largest absolute Gasteiger partial charge is 0.439 e. The highest BCUT2D eigenvalue weighted by Crippen LogP contribution is 2.44. The number of rotatable bonds is 23. The summed E-state index contributed by atoms with van der Waals surface area (Å²) in [6.07, 6.45) is 29.7. The van der Waals surface area contributed by atoms with Crippen LogP contribution in [0.1, 0.15) is 200 Å². The van der Waals surface area contributed by atoms with E-state index in [0.717, 1.165) is 124 Å². The van der Waals surface area contributed by atoms with Gasteiger partial charge in [-0.3, -0.25) is 34.0 Å². The van der Waals surface area contributed by atoms with Gasteiger partial charge in [0.1, 0.15) is 52.9 Å². The van der Waals surface area contributed by atoms with Gasteiger partial charge in [0.05, 0.1) is 65.2 Å². The van der Waals surface area contributed by atoms with Crippen LogP contribution in [0.3, 0.4) is 0 Å². The first-order chi connectivity index (χ1) is 53.4. The first-order valence-electron chi connectivity index (χ1n) is 39.0. The fourth-order valence-corrected chi connectivity index (χ4v) is 17.0. The van der Waals surface area contributed by atoms with Gasteiger partial charge in [-0.05, 0) is 163 Å². The third kappa shape index (κ3) is 17.6. The molecule has 12 aromatic rings. The second-order valence-corrected chi connectivity index (χ2v) is 31.5. The molecule has 3 atom stereocenters. The fraction of sp³-hybridized carbons (Fsp3) is 0.512. The molecular weight excluding hydrogens is 1460 g/mol. The van der Waals surface area contributed by atoms with Crippen LogP contribution in [-0.4, -0.2) is 109 Å². The number of imidazole rings is 3. The lowest BCUT2D eigenvalue weighted by Gasteiger charge is -2.29. The van der Waals surface area contributed by atoms with Crippen molar-refractivity contribution in [1.29, 1.82) is 0 Å². The molecule has 27 nitrogen and oxygen atoms in total. The summed E-state index contributed by atoms with van der Waals surface area (Å²) in [6.45, 7) is 21.5. The second-order valence-electron chi connectivity index (χ2n) is 30.1. The van der Waals surface area contributed by atoms with Gasteiger partial charge in [-0.1, -0.05) is 124 Å².